The minimum absolute atomic E-state index is 0.176. The van der Waals surface area contributed by atoms with Gasteiger partial charge in [0, 0.05) is 23.9 Å². The van der Waals surface area contributed by atoms with Crippen molar-refractivity contribution in [2.24, 2.45) is 0 Å². The lowest BCUT2D eigenvalue weighted by molar-refractivity contribution is 0.414. The zero-order valence-electron chi connectivity index (χ0n) is 14.2. The molecule has 0 aromatic heterocycles. The van der Waals surface area contributed by atoms with E-state index in [1.165, 1.54) is 17.7 Å². The quantitative estimate of drug-likeness (QED) is 0.401. The van der Waals surface area contributed by atoms with Gasteiger partial charge in [0.15, 0.2) is 0 Å². The van der Waals surface area contributed by atoms with E-state index in [1.54, 1.807) is 11.9 Å². The molecule has 1 aromatic rings. The molecule has 1 atom stereocenters. The molecule has 5 heteroatoms. The number of hydrogen-bond donors (Lipinski definition) is 0. The second-order valence-corrected chi connectivity index (χ2v) is 7.79. The molecule has 0 spiro atoms. The lowest BCUT2D eigenvalue weighted by Crippen LogP contribution is -2.28. The monoisotopic (exact) mass is 415 g/mol. The Kier molecular flexibility index (Phi) is 7.98. The fourth-order valence-electron chi connectivity index (χ4n) is 2.83. The third kappa shape index (κ3) is 5.17. The average molecular weight is 416 g/mol. The second-order valence-electron chi connectivity index (χ2n) is 5.64. The maximum atomic E-state index is 14.0. The number of halogens is 3. The molecule has 0 radical (unpaired) electrons. The van der Waals surface area contributed by atoms with Gasteiger partial charge in [0.1, 0.15) is 11.6 Å². The summed E-state index contributed by atoms with van der Waals surface area (Å²) in [5.74, 6) is -0.763. The molecule has 1 saturated heterocycles. The lowest BCUT2D eigenvalue weighted by Gasteiger charge is -2.33. The Labute approximate surface area is 156 Å². The van der Waals surface area contributed by atoms with Crippen LogP contribution in [0.5, 0.6) is 0 Å². The van der Waals surface area contributed by atoms with Crippen LogP contribution in [0.25, 0.3) is 0 Å². The van der Waals surface area contributed by atoms with Crippen LogP contribution in [0.3, 0.4) is 0 Å². The van der Waals surface area contributed by atoms with Crippen molar-refractivity contribution < 1.29 is 8.78 Å². The van der Waals surface area contributed by atoms with Gasteiger partial charge in [-0.1, -0.05) is 44.0 Å². The van der Waals surface area contributed by atoms with Crippen LogP contribution in [0.15, 0.2) is 40.4 Å². The van der Waals surface area contributed by atoms with Crippen molar-refractivity contribution in [3.63, 3.8) is 0 Å². The summed E-state index contributed by atoms with van der Waals surface area (Å²) in [5, 5.41) is 0.439. The number of allylic oxidation sites excluding steroid dienone is 3. The second kappa shape index (κ2) is 9.73. The largest absolute Gasteiger partial charge is 0.246 e. The highest BCUT2D eigenvalue weighted by atomic mass is 79.9. The zero-order chi connectivity index (χ0) is 17.5. The van der Waals surface area contributed by atoms with Crippen LogP contribution in [0.4, 0.5) is 8.78 Å². The zero-order valence-corrected chi connectivity index (χ0v) is 16.6. The van der Waals surface area contributed by atoms with Crippen molar-refractivity contribution in [2.75, 3.05) is 6.54 Å². The molecule has 24 heavy (non-hydrogen) atoms. The molecular weight excluding hydrogens is 392 g/mol. The molecule has 1 fully saturated rings. The van der Waals surface area contributed by atoms with Gasteiger partial charge in [-0.05, 0) is 59.3 Å². The van der Waals surface area contributed by atoms with Crippen LogP contribution in [0.2, 0.25) is 0 Å². The van der Waals surface area contributed by atoms with E-state index < -0.39 is 5.82 Å². The summed E-state index contributed by atoms with van der Waals surface area (Å²) in [4.78, 5) is 0. The minimum atomic E-state index is -0.409. The van der Waals surface area contributed by atoms with Crippen molar-refractivity contribution in [1.29, 1.82) is 0 Å². The van der Waals surface area contributed by atoms with E-state index in [0.717, 1.165) is 32.2 Å². The van der Waals surface area contributed by atoms with E-state index >= 15 is 0 Å². The van der Waals surface area contributed by atoms with Crippen molar-refractivity contribution >= 4 is 27.9 Å². The molecule has 3 rings (SSSR count). The molecule has 1 heterocycles. The topological polar surface area (TPSA) is 3.24 Å². The van der Waals surface area contributed by atoms with Crippen LogP contribution in [-0.4, -0.2) is 16.1 Å². The van der Waals surface area contributed by atoms with Crippen molar-refractivity contribution in [2.45, 2.75) is 51.3 Å². The summed E-state index contributed by atoms with van der Waals surface area (Å²) < 4.78 is 29.9. The van der Waals surface area contributed by atoms with Crippen LogP contribution in [0, 0.1) is 11.6 Å². The fraction of sp³-hybridized carbons (Fsp3) is 0.474. The van der Waals surface area contributed by atoms with E-state index in [9.17, 15) is 8.78 Å². The van der Waals surface area contributed by atoms with Gasteiger partial charge in [-0.2, -0.15) is 0 Å². The molecule has 0 saturated carbocycles. The minimum Gasteiger partial charge on any atom is -0.246 e. The highest BCUT2D eigenvalue weighted by Crippen LogP contribution is 2.35. The molecule has 1 nitrogen and oxygen atoms in total. The molecule has 1 aromatic carbocycles. The highest BCUT2D eigenvalue weighted by Gasteiger charge is 2.24. The SMILES string of the molecule is CC.Fc1cc(CN2CCCC(C3=CCCC=C3)S2)c(F)cc1Br. The summed E-state index contributed by atoms with van der Waals surface area (Å²) in [6, 6.07) is 2.51. The molecule has 0 bridgehead atoms. The van der Waals surface area contributed by atoms with Crippen molar-refractivity contribution in [3.05, 3.63) is 57.6 Å². The molecule has 0 N–H and O–H groups in total. The Balaban J connectivity index is 0.00000100. The van der Waals surface area contributed by atoms with Crippen LogP contribution < -0.4 is 0 Å². The van der Waals surface area contributed by atoms with Crippen LogP contribution in [-0.2, 0) is 6.54 Å². The van der Waals surface area contributed by atoms with Gasteiger partial charge >= 0.3 is 0 Å². The maximum Gasteiger partial charge on any atom is 0.137 e. The van der Waals surface area contributed by atoms with Gasteiger partial charge in [-0.25, -0.2) is 13.1 Å². The van der Waals surface area contributed by atoms with E-state index in [2.05, 4.69) is 38.5 Å². The smallest absolute Gasteiger partial charge is 0.137 e. The predicted molar refractivity (Wildman–Crippen MR) is 103 cm³/mol. The Bertz CT molecular complexity index is 616. The maximum absolute atomic E-state index is 14.0. The standard InChI is InChI=1S/C17H18BrF2NS.C2H6/c18-14-10-15(19)13(9-16(14)20)11-21-8-4-7-17(22-21)12-5-2-1-3-6-12;1-2/h2,5-6,9-10,17H,1,3-4,7-8,11H2;1-2H3. The predicted octanol–water partition coefficient (Wildman–Crippen LogP) is 6.64. The summed E-state index contributed by atoms with van der Waals surface area (Å²) in [6.45, 7) is 5.35. The van der Waals surface area contributed by atoms with E-state index in [4.69, 9.17) is 0 Å². The molecule has 1 aliphatic heterocycles. The Morgan fingerprint density at radius 3 is 2.71 bits per heavy atom. The number of hydrogen-bond acceptors (Lipinski definition) is 2. The van der Waals surface area contributed by atoms with Gasteiger partial charge in [0.2, 0.25) is 0 Å². The molecule has 0 amide bonds. The Morgan fingerprint density at radius 2 is 2.00 bits per heavy atom. The first-order chi connectivity index (χ1) is 11.6. The van der Waals surface area contributed by atoms with Gasteiger partial charge in [-0.15, -0.1) is 0 Å². The van der Waals surface area contributed by atoms with Gasteiger partial charge < -0.3 is 0 Å². The first-order valence-electron chi connectivity index (χ1n) is 8.55. The van der Waals surface area contributed by atoms with E-state index in [1.807, 2.05) is 13.8 Å². The first-order valence-corrected chi connectivity index (χ1v) is 10.2. The summed E-state index contributed by atoms with van der Waals surface area (Å²) >= 11 is 4.78. The average Bonchev–Trinajstić information content (AvgIpc) is 2.62. The van der Waals surface area contributed by atoms with Crippen LogP contribution in [0.1, 0.15) is 45.1 Å². The number of benzene rings is 1. The lowest BCUT2D eigenvalue weighted by atomic mass is 10.0. The third-order valence-corrected chi connectivity index (χ3v) is 5.96. The van der Waals surface area contributed by atoms with E-state index in [-0.39, 0.29) is 10.3 Å². The van der Waals surface area contributed by atoms with E-state index in [0.29, 0.717) is 17.4 Å². The first kappa shape index (κ1) is 19.7. The molecule has 132 valence electrons. The van der Waals surface area contributed by atoms with Crippen molar-refractivity contribution in [3.8, 4) is 0 Å². The number of nitrogens with zero attached hydrogens (tertiary/aromatic N) is 1. The third-order valence-electron chi connectivity index (χ3n) is 3.98. The summed E-state index contributed by atoms with van der Waals surface area (Å²) in [7, 11) is 0. The number of rotatable bonds is 3. The van der Waals surface area contributed by atoms with Gasteiger partial charge in [0.05, 0.1) is 4.47 Å². The fourth-order valence-corrected chi connectivity index (χ4v) is 4.52. The van der Waals surface area contributed by atoms with Crippen molar-refractivity contribution in [1.82, 2.24) is 4.31 Å². The Hall–Kier alpha value is -0.650. The van der Waals surface area contributed by atoms with Gasteiger partial charge in [0.25, 0.3) is 0 Å². The Morgan fingerprint density at radius 1 is 1.21 bits per heavy atom. The molecule has 1 unspecified atom stereocenters. The molecular formula is C19H24BrF2NS. The molecule has 2 aliphatic rings. The van der Waals surface area contributed by atoms with Crippen LogP contribution >= 0.6 is 27.9 Å². The van der Waals surface area contributed by atoms with Gasteiger partial charge in [-0.3, -0.25) is 0 Å². The normalized spacial score (nSPS) is 21.0. The molecule has 1 aliphatic carbocycles. The highest BCUT2D eigenvalue weighted by molar-refractivity contribution is 9.10. The summed E-state index contributed by atoms with van der Waals surface area (Å²) in [5.41, 5.74) is 1.80. The summed E-state index contributed by atoms with van der Waals surface area (Å²) in [6.07, 6.45) is 11.2.